The van der Waals surface area contributed by atoms with Crippen molar-refractivity contribution in [1.82, 2.24) is 4.98 Å². The van der Waals surface area contributed by atoms with E-state index in [1.54, 1.807) is 24.3 Å². The summed E-state index contributed by atoms with van der Waals surface area (Å²) in [5.74, 6) is -1.67. The maximum atomic E-state index is 11.1. The minimum atomic E-state index is -1.11. The monoisotopic (exact) mass is 245 g/mol. The van der Waals surface area contributed by atoms with Gasteiger partial charge >= 0.3 is 5.97 Å². The van der Waals surface area contributed by atoms with Gasteiger partial charge in [0.2, 0.25) is 5.91 Å². The number of hydrogen-bond acceptors (Lipinski definition) is 4. The van der Waals surface area contributed by atoms with Crippen LogP contribution in [0.3, 0.4) is 0 Å². The smallest absolute Gasteiger partial charge is 0.339 e. The van der Waals surface area contributed by atoms with Crippen LogP contribution in [0.5, 0.6) is 0 Å². The second-order valence-electron chi connectivity index (χ2n) is 3.69. The topological polar surface area (TPSA) is 105 Å². The SMILES string of the molecule is NC(=O)CNc1c(C(=O)O)cnc2ccccc12. The fourth-order valence-corrected chi connectivity index (χ4v) is 1.67. The zero-order valence-electron chi connectivity index (χ0n) is 9.38. The van der Waals surface area contributed by atoms with E-state index < -0.39 is 11.9 Å². The van der Waals surface area contributed by atoms with E-state index in [9.17, 15) is 9.59 Å². The number of nitrogens with two attached hydrogens (primary N) is 1. The van der Waals surface area contributed by atoms with Gasteiger partial charge in [0.25, 0.3) is 0 Å². The Morgan fingerprint density at radius 1 is 1.33 bits per heavy atom. The van der Waals surface area contributed by atoms with E-state index in [2.05, 4.69) is 10.3 Å². The van der Waals surface area contributed by atoms with E-state index >= 15 is 0 Å². The van der Waals surface area contributed by atoms with Crippen LogP contribution in [0.4, 0.5) is 5.69 Å². The average Bonchev–Trinajstić information content (AvgIpc) is 2.35. The number of carboxylic acid groups (broad SMARTS) is 1. The predicted octanol–water partition coefficient (Wildman–Crippen LogP) is 0.830. The van der Waals surface area contributed by atoms with Gasteiger partial charge in [-0.25, -0.2) is 4.79 Å². The summed E-state index contributed by atoms with van der Waals surface area (Å²) in [6, 6.07) is 7.06. The normalized spacial score (nSPS) is 10.2. The molecule has 4 N–H and O–H groups in total. The summed E-state index contributed by atoms with van der Waals surface area (Å²) in [5.41, 5.74) is 6.06. The number of carboxylic acids is 1. The van der Waals surface area contributed by atoms with E-state index in [4.69, 9.17) is 10.8 Å². The number of anilines is 1. The molecule has 0 aliphatic carbocycles. The van der Waals surface area contributed by atoms with Gasteiger partial charge in [0.1, 0.15) is 5.56 Å². The van der Waals surface area contributed by atoms with Crippen LogP contribution in [0, 0.1) is 0 Å². The Hall–Kier alpha value is -2.63. The van der Waals surface area contributed by atoms with E-state index in [1.807, 2.05) is 0 Å². The highest BCUT2D eigenvalue weighted by molar-refractivity contribution is 6.04. The summed E-state index contributed by atoms with van der Waals surface area (Å²) in [5, 5.41) is 12.5. The van der Waals surface area contributed by atoms with Gasteiger partial charge < -0.3 is 16.2 Å². The summed E-state index contributed by atoms with van der Waals surface area (Å²) in [6.07, 6.45) is 1.26. The van der Waals surface area contributed by atoms with Crippen LogP contribution in [-0.2, 0) is 4.79 Å². The predicted molar refractivity (Wildman–Crippen MR) is 66.4 cm³/mol. The van der Waals surface area contributed by atoms with E-state index in [1.165, 1.54) is 6.20 Å². The van der Waals surface area contributed by atoms with Gasteiger partial charge in [-0.15, -0.1) is 0 Å². The van der Waals surface area contributed by atoms with E-state index in [-0.39, 0.29) is 12.1 Å². The largest absolute Gasteiger partial charge is 0.478 e. The number of hydrogen-bond donors (Lipinski definition) is 3. The quantitative estimate of drug-likeness (QED) is 0.739. The van der Waals surface area contributed by atoms with Crippen molar-refractivity contribution in [2.24, 2.45) is 5.73 Å². The number of nitrogens with one attached hydrogen (secondary N) is 1. The number of aromatic carboxylic acids is 1. The van der Waals surface area contributed by atoms with Gasteiger partial charge in [-0.05, 0) is 6.07 Å². The highest BCUT2D eigenvalue weighted by Crippen LogP contribution is 2.25. The number of aromatic nitrogens is 1. The van der Waals surface area contributed by atoms with Gasteiger partial charge in [0.15, 0.2) is 0 Å². The Balaban J connectivity index is 2.58. The third-order valence-electron chi connectivity index (χ3n) is 2.45. The second-order valence-corrected chi connectivity index (χ2v) is 3.69. The molecule has 1 aromatic heterocycles. The van der Waals surface area contributed by atoms with Crippen LogP contribution >= 0.6 is 0 Å². The van der Waals surface area contributed by atoms with Gasteiger partial charge in [0, 0.05) is 11.6 Å². The van der Waals surface area contributed by atoms with E-state index in [0.717, 1.165) is 0 Å². The van der Waals surface area contributed by atoms with Crippen molar-refractivity contribution in [3.05, 3.63) is 36.0 Å². The van der Waals surface area contributed by atoms with Gasteiger partial charge in [-0.3, -0.25) is 9.78 Å². The minimum Gasteiger partial charge on any atom is -0.478 e. The van der Waals surface area contributed by atoms with Crippen molar-refractivity contribution in [3.63, 3.8) is 0 Å². The first-order valence-electron chi connectivity index (χ1n) is 5.23. The number of primary amides is 1. The zero-order valence-corrected chi connectivity index (χ0v) is 9.38. The maximum Gasteiger partial charge on any atom is 0.339 e. The molecule has 0 aliphatic rings. The van der Waals surface area contributed by atoms with E-state index in [0.29, 0.717) is 16.6 Å². The standard InChI is InChI=1S/C12H11N3O3/c13-10(16)6-15-11-7-3-1-2-4-9(7)14-5-8(11)12(17)18/h1-5H,6H2,(H2,13,16)(H,14,15)(H,17,18). The lowest BCUT2D eigenvalue weighted by Gasteiger charge is -2.10. The van der Waals surface area contributed by atoms with Crippen LogP contribution in [0.15, 0.2) is 30.5 Å². The van der Waals surface area contributed by atoms with Crippen molar-refractivity contribution in [3.8, 4) is 0 Å². The molecule has 0 saturated carbocycles. The highest BCUT2D eigenvalue weighted by atomic mass is 16.4. The number of amides is 1. The van der Waals surface area contributed by atoms with Crippen LogP contribution in [0.25, 0.3) is 10.9 Å². The summed E-state index contributed by atoms with van der Waals surface area (Å²) in [6.45, 7) is -0.131. The number of benzene rings is 1. The Kier molecular flexibility index (Phi) is 3.09. The van der Waals surface area contributed by atoms with Gasteiger partial charge in [0.05, 0.1) is 17.7 Å². The first-order valence-corrected chi connectivity index (χ1v) is 5.23. The van der Waals surface area contributed by atoms with Crippen LogP contribution in [0.2, 0.25) is 0 Å². The molecule has 1 heterocycles. The first-order chi connectivity index (χ1) is 8.59. The zero-order chi connectivity index (χ0) is 13.1. The van der Waals surface area contributed by atoms with Gasteiger partial charge in [-0.1, -0.05) is 18.2 Å². The lowest BCUT2D eigenvalue weighted by atomic mass is 10.1. The molecule has 1 amide bonds. The molecule has 0 fully saturated rings. The van der Waals surface area contributed by atoms with Crippen molar-refractivity contribution >= 4 is 28.5 Å². The number of nitrogens with zero attached hydrogens (tertiary/aromatic N) is 1. The third kappa shape index (κ3) is 2.22. The number of para-hydroxylation sites is 1. The highest BCUT2D eigenvalue weighted by Gasteiger charge is 2.14. The molecule has 0 aliphatic heterocycles. The Bertz CT molecular complexity index is 625. The molecule has 2 rings (SSSR count). The molecule has 0 radical (unpaired) electrons. The molecule has 0 spiro atoms. The fraction of sp³-hybridized carbons (Fsp3) is 0.0833. The Labute approximate surface area is 102 Å². The number of pyridine rings is 1. The Morgan fingerprint density at radius 3 is 2.72 bits per heavy atom. The number of carbonyl (C=O) groups excluding carboxylic acids is 1. The molecular formula is C12H11N3O3. The number of rotatable bonds is 4. The fourth-order valence-electron chi connectivity index (χ4n) is 1.67. The van der Waals surface area contributed by atoms with Crippen molar-refractivity contribution in [2.75, 3.05) is 11.9 Å². The van der Waals surface area contributed by atoms with Crippen LogP contribution in [0.1, 0.15) is 10.4 Å². The van der Waals surface area contributed by atoms with Crippen molar-refractivity contribution < 1.29 is 14.7 Å². The summed E-state index contributed by atoms with van der Waals surface area (Å²) >= 11 is 0. The van der Waals surface area contributed by atoms with Crippen LogP contribution in [-0.4, -0.2) is 28.5 Å². The molecule has 2 aromatic rings. The van der Waals surface area contributed by atoms with Crippen molar-refractivity contribution in [1.29, 1.82) is 0 Å². The van der Waals surface area contributed by atoms with Gasteiger partial charge in [-0.2, -0.15) is 0 Å². The Morgan fingerprint density at radius 2 is 2.06 bits per heavy atom. The molecule has 0 unspecified atom stereocenters. The third-order valence-corrected chi connectivity index (χ3v) is 2.45. The molecule has 0 atom stereocenters. The minimum absolute atomic E-state index is 0.00921. The number of carbonyl (C=O) groups is 2. The lowest BCUT2D eigenvalue weighted by Crippen LogP contribution is -2.23. The molecule has 6 heteroatoms. The summed E-state index contributed by atoms with van der Waals surface area (Å²) < 4.78 is 0. The molecule has 1 aromatic carbocycles. The first kappa shape index (κ1) is 11.8. The second kappa shape index (κ2) is 4.70. The molecule has 92 valence electrons. The molecule has 18 heavy (non-hydrogen) atoms. The number of fused-ring (bicyclic) bond motifs is 1. The van der Waals surface area contributed by atoms with Crippen molar-refractivity contribution in [2.45, 2.75) is 0 Å². The molecule has 0 bridgehead atoms. The van der Waals surface area contributed by atoms with Crippen LogP contribution < -0.4 is 11.1 Å². The molecule has 6 nitrogen and oxygen atoms in total. The summed E-state index contributed by atoms with van der Waals surface area (Å²) in [7, 11) is 0. The molecular weight excluding hydrogens is 234 g/mol. The molecule has 0 saturated heterocycles. The maximum absolute atomic E-state index is 11.1. The summed E-state index contributed by atoms with van der Waals surface area (Å²) in [4.78, 5) is 26.0. The average molecular weight is 245 g/mol. The lowest BCUT2D eigenvalue weighted by molar-refractivity contribution is -0.116.